The number of aliphatic carboxylic acids is 1. The number of imidazole rings is 1. The van der Waals surface area contributed by atoms with Gasteiger partial charge in [-0.05, 0) is 25.9 Å². The molecule has 0 aliphatic heterocycles. The zero-order valence-corrected chi connectivity index (χ0v) is 9.85. The standard InChI is InChI=1S/C11H20N4O2/c12-4-2-1-3-5-14-10(11(16)17)6-9-7-13-8-15-9/h7-8,10,14H,1-6,12H2,(H,13,15)(H,16,17)/t10-/m0/s1. The van der Waals surface area contributed by atoms with Crippen molar-refractivity contribution in [3.63, 3.8) is 0 Å². The van der Waals surface area contributed by atoms with Gasteiger partial charge in [0.25, 0.3) is 0 Å². The predicted octanol–water partition coefficient (Wildman–Crippen LogP) is 0.124. The highest BCUT2D eigenvalue weighted by Gasteiger charge is 2.17. The smallest absolute Gasteiger partial charge is 0.321 e. The minimum absolute atomic E-state index is 0.423. The van der Waals surface area contributed by atoms with E-state index >= 15 is 0 Å². The zero-order valence-electron chi connectivity index (χ0n) is 9.85. The van der Waals surface area contributed by atoms with E-state index < -0.39 is 12.0 Å². The Bertz CT molecular complexity index is 313. The van der Waals surface area contributed by atoms with Crippen molar-refractivity contribution in [2.24, 2.45) is 5.73 Å². The molecule has 0 amide bonds. The summed E-state index contributed by atoms with van der Waals surface area (Å²) in [5, 5.41) is 12.1. The van der Waals surface area contributed by atoms with Crippen LogP contribution in [-0.2, 0) is 11.2 Å². The van der Waals surface area contributed by atoms with Crippen molar-refractivity contribution in [3.05, 3.63) is 18.2 Å². The molecule has 17 heavy (non-hydrogen) atoms. The number of carboxylic acid groups (broad SMARTS) is 1. The summed E-state index contributed by atoms with van der Waals surface area (Å²) in [6.07, 6.45) is 6.58. The monoisotopic (exact) mass is 240 g/mol. The van der Waals surface area contributed by atoms with Crippen molar-refractivity contribution in [2.45, 2.75) is 31.7 Å². The molecule has 6 nitrogen and oxygen atoms in total. The minimum Gasteiger partial charge on any atom is -0.480 e. The Labute approximate surface area is 101 Å². The first kappa shape index (κ1) is 13.7. The summed E-state index contributed by atoms with van der Waals surface area (Å²) in [5.74, 6) is -0.835. The Balaban J connectivity index is 2.26. The first-order valence-corrected chi connectivity index (χ1v) is 5.87. The number of rotatable bonds is 9. The topological polar surface area (TPSA) is 104 Å². The van der Waals surface area contributed by atoms with Crippen molar-refractivity contribution in [2.75, 3.05) is 13.1 Å². The van der Waals surface area contributed by atoms with E-state index in [9.17, 15) is 4.79 Å². The number of nitrogens with one attached hydrogen (secondary N) is 2. The Morgan fingerprint density at radius 1 is 1.53 bits per heavy atom. The maximum Gasteiger partial charge on any atom is 0.321 e. The van der Waals surface area contributed by atoms with Crippen LogP contribution in [0.25, 0.3) is 0 Å². The van der Waals surface area contributed by atoms with E-state index in [4.69, 9.17) is 10.8 Å². The SMILES string of the molecule is NCCCCCN[C@@H](Cc1cnc[nH]1)C(=O)O. The van der Waals surface area contributed by atoms with E-state index in [2.05, 4.69) is 15.3 Å². The van der Waals surface area contributed by atoms with Crippen LogP contribution in [0.15, 0.2) is 12.5 Å². The molecule has 1 aromatic heterocycles. The van der Waals surface area contributed by atoms with Crippen LogP contribution < -0.4 is 11.1 Å². The number of nitrogens with two attached hydrogens (primary N) is 1. The van der Waals surface area contributed by atoms with Crippen molar-refractivity contribution < 1.29 is 9.90 Å². The lowest BCUT2D eigenvalue weighted by molar-refractivity contribution is -0.139. The van der Waals surface area contributed by atoms with Crippen molar-refractivity contribution in [1.82, 2.24) is 15.3 Å². The zero-order chi connectivity index (χ0) is 12.5. The molecule has 0 fully saturated rings. The lowest BCUT2D eigenvalue weighted by Gasteiger charge is -2.13. The number of carbonyl (C=O) groups is 1. The van der Waals surface area contributed by atoms with Crippen LogP contribution in [0.2, 0.25) is 0 Å². The summed E-state index contributed by atoms with van der Waals surface area (Å²) < 4.78 is 0. The number of H-pyrrole nitrogens is 1. The van der Waals surface area contributed by atoms with Gasteiger partial charge < -0.3 is 21.1 Å². The van der Waals surface area contributed by atoms with Crippen LogP contribution in [0.5, 0.6) is 0 Å². The molecule has 0 aromatic carbocycles. The largest absolute Gasteiger partial charge is 0.480 e. The summed E-state index contributed by atoms with van der Waals surface area (Å²) in [6, 6.07) is -0.562. The van der Waals surface area contributed by atoms with Crippen molar-refractivity contribution >= 4 is 5.97 Å². The first-order chi connectivity index (χ1) is 8.24. The highest BCUT2D eigenvalue weighted by molar-refractivity contribution is 5.73. The number of hydrogen-bond donors (Lipinski definition) is 4. The fourth-order valence-corrected chi connectivity index (χ4v) is 1.59. The van der Waals surface area contributed by atoms with Crippen molar-refractivity contribution in [3.8, 4) is 0 Å². The quantitative estimate of drug-likeness (QED) is 0.459. The van der Waals surface area contributed by atoms with Gasteiger partial charge in [-0.15, -0.1) is 0 Å². The summed E-state index contributed by atoms with van der Waals surface area (Å²) in [7, 11) is 0. The Morgan fingerprint density at radius 2 is 2.35 bits per heavy atom. The van der Waals surface area contributed by atoms with Gasteiger partial charge in [-0.3, -0.25) is 4.79 Å². The third-order valence-corrected chi connectivity index (χ3v) is 2.55. The predicted molar refractivity (Wildman–Crippen MR) is 64.6 cm³/mol. The van der Waals surface area contributed by atoms with Gasteiger partial charge in [-0.2, -0.15) is 0 Å². The average molecular weight is 240 g/mol. The summed E-state index contributed by atoms with van der Waals surface area (Å²) >= 11 is 0. The lowest BCUT2D eigenvalue weighted by atomic mass is 10.1. The van der Waals surface area contributed by atoms with Crippen LogP contribution in [0, 0.1) is 0 Å². The highest BCUT2D eigenvalue weighted by Crippen LogP contribution is 2.00. The van der Waals surface area contributed by atoms with Crippen LogP contribution in [-0.4, -0.2) is 40.2 Å². The number of hydrogen-bond acceptors (Lipinski definition) is 4. The maximum atomic E-state index is 11.0. The number of nitrogens with zero attached hydrogens (tertiary/aromatic N) is 1. The van der Waals surface area contributed by atoms with E-state index in [0.29, 0.717) is 19.5 Å². The molecular formula is C11H20N4O2. The summed E-state index contributed by atoms with van der Waals surface area (Å²) in [5.41, 5.74) is 6.21. The van der Waals surface area contributed by atoms with Gasteiger partial charge >= 0.3 is 5.97 Å². The second-order valence-electron chi connectivity index (χ2n) is 3.98. The van der Waals surface area contributed by atoms with Crippen LogP contribution in [0.3, 0.4) is 0 Å². The van der Waals surface area contributed by atoms with E-state index in [-0.39, 0.29) is 0 Å². The van der Waals surface area contributed by atoms with E-state index in [0.717, 1.165) is 25.0 Å². The molecule has 0 saturated carbocycles. The Kier molecular flexibility index (Phi) is 6.27. The average Bonchev–Trinajstić information content (AvgIpc) is 2.79. The third-order valence-electron chi connectivity index (χ3n) is 2.55. The molecule has 0 unspecified atom stereocenters. The Morgan fingerprint density at radius 3 is 2.94 bits per heavy atom. The molecule has 0 aliphatic rings. The van der Waals surface area contributed by atoms with Gasteiger partial charge in [-0.1, -0.05) is 6.42 Å². The first-order valence-electron chi connectivity index (χ1n) is 5.87. The molecule has 96 valence electrons. The van der Waals surface area contributed by atoms with Gasteiger partial charge in [-0.25, -0.2) is 4.98 Å². The Hall–Kier alpha value is -1.40. The molecule has 0 spiro atoms. The second kappa shape index (κ2) is 7.81. The van der Waals surface area contributed by atoms with Crippen LogP contribution >= 0.6 is 0 Å². The van der Waals surface area contributed by atoms with Gasteiger partial charge in [0.15, 0.2) is 0 Å². The third kappa shape index (κ3) is 5.46. The van der Waals surface area contributed by atoms with Crippen LogP contribution in [0.1, 0.15) is 25.0 Å². The molecule has 0 saturated heterocycles. The number of unbranched alkanes of at least 4 members (excludes halogenated alkanes) is 2. The lowest BCUT2D eigenvalue weighted by Crippen LogP contribution is -2.39. The van der Waals surface area contributed by atoms with E-state index in [1.54, 1.807) is 12.5 Å². The van der Waals surface area contributed by atoms with Gasteiger partial charge in [0.1, 0.15) is 6.04 Å². The summed E-state index contributed by atoms with van der Waals surface area (Å²) in [6.45, 7) is 1.39. The number of aromatic amines is 1. The normalized spacial score (nSPS) is 12.5. The van der Waals surface area contributed by atoms with Gasteiger partial charge in [0, 0.05) is 18.3 Å². The molecule has 0 radical (unpaired) electrons. The van der Waals surface area contributed by atoms with Gasteiger partial charge in [0.05, 0.1) is 6.33 Å². The van der Waals surface area contributed by atoms with Gasteiger partial charge in [0.2, 0.25) is 0 Å². The molecular weight excluding hydrogens is 220 g/mol. The molecule has 6 heteroatoms. The minimum atomic E-state index is -0.835. The van der Waals surface area contributed by atoms with E-state index in [1.807, 2.05) is 0 Å². The number of carboxylic acids is 1. The highest BCUT2D eigenvalue weighted by atomic mass is 16.4. The van der Waals surface area contributed by atoms with E-state index in [1.165, 1.54) is 0 Å². The van der Waals surface area contributed by atoms with Crippen LogP contribution in [0.4, 0.5) is 0 Å². The summed E-state index contributed by atoms with van der Waals surface area (Å²) in [4.78, 5) is 17.8. The molecule has 5 N–H and O–H groups in total. The molecule has 1 atom stereocenters. The fourth-order valence-electron chi connectivity index (χ4n) is 1.59. The second-order valence-corrected chi connectivity index (χ2v) is 3.98. The fraction of sp³-hybridized carbons (Fsp3) is 0.636. The maximum absolute atomic E-state index is 11.0. The molecule has 1 rings (SSSR count). The molecule has 1 heterocycles. The molecule has 1 aromatic rings. The molecule has 0 aliphatic carbocycles. The number of aromatic nitrogens is 2. The van der Waals surface area contributed by atoms with Crippen molar-refractivity contribution in [1.29, 1.82) is 0 Å². The molecule has 0 bridgehead atoms.